The Morgan fingerprint density at radius 1 is 1.12 bits per heavy atom. The minimum Gasteiger partial charge on any atom is -0.268 e. The normalized spacial score (nSPS) is 11.8. The number of nitrogens with zero attached hydrogens (tertiary/aromatic N) is 1. The Labute approximate surface area is 101 Å². The predicted octanol–water partition coefficient (Wildman–Crippen LogP) is 2.77. The zero-order valence-corrected chi connectivity index (χ0v) is 10.7. The van der Waals surface area contributed by atoms with Gasteiger partial charge in [0.2, 0.25) is 0 Å². The summed E-state index contributed by atoms with van der Waals surface area (Å²) < 4.78 is 1.89. The van der Waals surface area contributed by atoms with Gasteiger partial charge in [0.25, 0.3) is 5.56 Å². The number of aromatic amines is 1. The van der Waals surface area contributed by atoms with Crippen molar-refractivity contribution >= 4 is 0 Å². The SMILES string of the molecule is Cc1c(C(C)(C)C)n(-c2ccccc2)[nH]c1=O. The minimum absolute atomic E-state index is 0.0150. The number of para-hydroxylation sites is 1. The van der Waals surface area contributed by atoms with Gasteiger partial charge in [-0.25, -0.2) is 0 Å². The Bertz CT molecular complexity index is 571. The molecular formula is C14H18N2O. The molecule has 90 valence electrons. The van der Waals surface area contributed by atoms with E-state index in [2.05, 4.69) is 25.9 Å². The number of aromatic nitrogens is 2. The van der Waals surface area contributed by atoms with E-state index in [1.807, 2.05) is 41.9 Å². The van der Waals surface area contributed by atoms with Crippen molar-refractivity contribution in [3.8, 4) is 5.69 Å². The molecule has 0 saturated heterocycles. The fourth-order valence-electron chi connectivity index (χ4n) is 2.19. The second-order valence-corrected chi connectivity index (χ2v) is 5.34. The topological polar surface area (TPSA) is 37.8 Å². The molecule has 0 aliphatic heterocycles. The van der Waals surface area contributed by atoms with Crippen molar-refractivity contribution in [1.82, 2.24) is 9.78 Å². The van der Waals surface area contributed by atoms with Gasteiger partial charge in [0.15, 0.2) is 0 Å². The van der Waals surface area contributed by atoms with Crippen molar-refractivity contribution in [2.24, 2.45) is 0 Å². The Morgan fingerprint density at radius 2 is 1.71 bits per heavy atom. The number of hydrogen-bond acceptors (Lipinski definition) is 1. The lowest BCUT2D eigenvalue weighted by molar-refractivity contribution is 0.540. The number of rotatable bonds is 1. The number of nitrogens with one attached hydrogen (secondary N) is 1. The van der Waals surface area contributed by atoms with Crippen LogP contribution in [0.2, 0.25) is 0 Å². The molecular weight excluding hydrogens is 212 g/mol. The highest BCUT2D eigenvalue weighted by atomic mass is 16.1. The van der Waals surface area contributed by atoms with E-state index in [1.165, 1.54) is 0 Å². The van der Waals surface area contributed by atoms with Gasteiger partial charge in [-0.2, -0.15) is 0 Å². The van der Waals surface area contributed by atoms with Gasteiger partial charge in [-0.1, -0.05) is 39.0 Å². The van der Waals surface area contributed by atoms with Crippen LogP contribution in [-0.2, 0) is 5.41 Å². The summed E-state index contributed by atoms with van der Waals surface area (Å²) in [5.74, 6) is 0. The molecule has 0 spiro atoms. The molecule has 0 saturated carbocycles. The number of H-pyrrole nitrogens is 1. The van der Waals surface area contributed by atoms with Crippen LogP contribution in [0, 0.1) is 6.92 Å². The van der Waals surface area contributed by atoms with Gasteiger partial charge < -0.3 is 0 Å². The lowest BCUT2D eigenvalue weighted by Crippen LogP contribution is -2.18. The second kappa shape index (κ2) is 3.91. The molecule has 1 heterocycles. The Morgan fingerprint density at radius 3 is 2.24 bits per heavy atom. The zero-order valence-electron chi connectivity index (χ0n) is 10.7. The van der Waals surface area contributed by atoms with Crippen molar-refractivity contribution in [3.63, 3.8) is 0 Å². The van der Waals surface area contributed by atoms with Gasteiger partial charge in [-0.05, 0) is 19.1 Å². The van der Waals surface area contributed by atoms with Gasteiger partial charge in [-0.3, -0.25) is 14.6 Å². The van der Waals surface area contributed by atoms with Gasteiger partial charge in [0.1, 0.15) is 0 Å². The predicted molar refractivity (Wildman–Crippen MR) is 69.8 cm³/mol. The third kappa shape index (κ3) is 2.05. The second-order valence-electron chi connectivity index (χ2n) is 5.34. The van der Waals surface area contributed by atoms with E-state index in [0.29, 0.717) is 0 Å². The van der Waals surface area contributed by atoms with E-state index >= 15 is 0 Å². The first-order valence-electron chi connectivity index (χ1n) is 5.79. The van der Waals surface area contributed by atoms with Crippen molar-refractivity contribution in [3.05, 3.63) is 51.9 Å². The summed E-state index contributed by atoms with van der Waals surface area (Å²) in [4.78, 5) is 11.8. The number of benzene rings is 1. The van der Waals surface area contributed by atoms with E-state index in [4.69, 9.17) is 0 Å². The number of hydrogen-bond donors (Lipinski definition) is 1. The first kappa shape index (κ1) is 11.7. The molecule has 0 fully saturated rings. The fraction of sp³-hybridized carbons (Fsp3) is 0.357. The smallest absolute Gasteiger partial charge is 0.267 e. The van der Waals surface area contributed by atoms with Crippen LogP contribution >= 0.6 is 0 Å². The van der Waals surface area contributed by atoms with Crippen LogP contribution in [0.1, 0.15) is 32.0 Å². The summed E-state index contributed by atoms with van der Waals surface area (Å²) in [5, 5.41) is 2.90. The summed E-state index contributed by atoms with van der Waals surface area (Å²) in [7, 11) is 0. The van der Waals surface area contributed by atoms with Gasteiger partial charge in [-0.15, -0.1) is 0 Å². The summed E-state index contributed by atoms with van der Waals surface area (Å²) in [6, 6.07) is 9.88. The van der Waals surface area contributed by atoms with Crippen LogP contribution in [-0.4, -0.2) is 9.78 Å². The molecule has 2 aromatic rings. The molecule has 1 aromatic heterocycles. The molecule has 0 aliphatic carbocycles. The molecule has 0 atom stereocenters. The van der Waals surface area contributed by atoms with E-state index in [-0.39, 0.29) is 11.0 Å². The van der Waals surface area contributed by atoms with E-state index < -0.39 is 0 Å². The van der Waals surface area contributed by atoms with Crippen LogP contribution in [0.3, 0.4) is 0 Å². The fourth-order valence-corrected chi connectivity index (χ4v) is 2.19. The molecule has 0 radical (unpaired) electrons. The average Bonchev–Trinajstić information content (AvgIpc) is 2.56. The highest BCUT2D eigenvalue weighted by molar-refractivity contribution is 5.37. The standard InChI is InChI=1S/C14H18N2O/c1-10-12(14(2,3)4)16(15-13(10)17)11-8-6-5-7-9-11/h5-9H,1-4H3,(H,15,17). The van der Waals surface area contributed by atoms with Gasteiger partial charge in [0, 0.05) is 11.0 Å². The third-order valence-corrected chi connectivity index (χ3v) is 2.86. The molecule has 0 aliphatic rings. The average molecular weight is 230 g/mol. The van der Waals surface area contributed by atoms with E-state index in [0.717, 1.165) is 16.9 Å². The largest absolute Gasteiger partial charge is 0.268 e. The van der Waals surface area contributed by atoms with Gasteiger partial charge in [0.05, 0.1) is 11.4 Å². The molecule has 0 bridgehead atoms. The third-order valence-electron chi connectivity index (χ3n) is 2.86. The van der Waals surface area contributed by atoms with Crippen molar-refractivity contribution in [2.75, 3.05) is 0 Å². The summed E-state index contributed by atoms with van der Waals surface area (Å²) in [6.07, 6.45) is 0. The Kier molecular flexibility index (Phi) is 2.69. The van der Waals surface area contributed by atoms with E-state index in [1.54, 1.807) is 0 Å². The quantitative estimate of drug-likeness (QED) is 0.803. The molecule has 1 N–H and O–H groups in total. The summed E-state index contributed by atoms with van der Waals surface area (Å²) in [5.41, 5.74) is 2.73. The minimum atomic E-state index is -0.0704. The van der Waals surface area contributed by atoms with Crippen LogP contribution < -0.4 is 5.56 Å². The highest BCUT2D eigenvalue weighted by Crippen LogP contribution is 2.25. The summed E-state index contributed by atoms with van der Waals surface area (Å²) in [6.45, 7) is 8.21. The lowest BCUT2D eigenvalue weighted by Gasteiger charge is -2.21. The maximum Gasteiger partial charge on any atom is 0.267 e. The maximum atomic E-state index is 11.8. The van der Waals surface area contributed by atoms with Crippen LogP contribution in [0.15, 0.2) is 35.1 Å². The van der Waals surface area contributed by atoms with E-state index in [9.17, 15) is 4.79 Å². The molecule has 0 unspecified atom stereocenters. The van der Waals surface area contributed by atoms with Crippen molar-refractivity contribution < 1.29 is 0 Å². The lowest BCUT2D eigenvalue weighted by atomic mass is 9.89. The van der Waals surface area contributed by atoms with Crippen LogP contribution in [0.4, 0.5) is 0 Å². The molecule has 3 nitrogen and oxygen atoms in total. The van der Waals surface area contributed by atoms with Crippen molar-refractivity contribution in [2.45, 2.75) is 33.1 Å². The molecule has 17 heavy (non-hydrogen) atoms. The van der Waals surface area contributed by atoms with Crippen LogP contribution in [0.5, 0.6) is 0 Å². The highest BCUT2D eigenvalue weighted by Gasteiger charge is 2.24. The molecule has 0 amide bonds. The first-order valence-corrected chi connectivity index (χ1v) is 5.79. The zero-order chi connectivity index (χ0) is 12.6. The summed E-state index contributed by atoms with van der Waals surface area (Å²) >= 11 is 0. The maximum absolute atomic E-state index is 11.8. The molecule has 2 rings (SSSR count). The molecule has 3 heteroatoms. The van der Waals surface area contributed by atoms with Gasteiger partial charge >= 0.3 is 0 Å². The Balaban J connectivity index is 2.72. The van der Waals surface area contributed by atoms with Crippen molar-refractivity contribution in [1.29, 1.82) is 0 Å². The Hall–Kier alpha value is -1.77. The monoisotopic (exact) mass is 230 g/mol. The van der Waals surface area contributed by atoms with Crippen LogP contribution in [0.25, 0.3) is 5.69 Å². The molecule has 1 aromatic carbocycles. The first-order chi connectivity index (χ1) is 7.91.